The predicted octanol–water partition coefficient (Wildman–Crippen LogP) is 1.86. The van der Waals surface area contributed by atoms with Crippen LogP contribution in [0.15, 0.2) is 47.5 Å². The van der Waals surface area contributed by atoms with Crippen LogP contribution in [0, 0.1) is 0 Å². The van der Waals surface area contributed by atoms with Gasteiger partial charge in [-0.15, -0.1) is 0 Å². The van der Waals surface area contributed by atoms with Gasteiger partial charge in [-0.2, -0.15) is 0 Å². The fourth-order valence-corrected chi connectivity index (χ4v) is 2.73. The molecule has 0 saturated heterocycles. The van der Waals surface area contributed by atoms with E-state index >= 15 is 0 Å². The third kappa shape index (κ3) is 3.71. The minimum atomic E-state index is -4.00. The van der Waals surface area contributed by atoms with Crippen LogP contribution in [0.2, 0.25) is 5.15 Å². The molecule has 1 aromatic heterocycles. The summed E-state index contributed by atoms with van der Waals surface area (Å²) in [5.41, 5.74) is 0.0986. The van der Waals surface area contributed by atoms with E-state index in [2.05, 4.69) is 4.98 Å². The Morgan fingerprint density at radius 3 is 2.71 bits per heavy atom. The minimum absolute atomic E-state index is 0.0737. The van der Waals surface area contributed by atoms with Crippen molar-refractivity contribution in [2.45, 2.75) is 4.90 Å². The van der Waals surface area contributed by atoms with Gasteiger partial charge in [0.25, 0.3) is 15.9 Å². The van der Waals surface area contributed by atoms with Gasteiger partial charge in [-0.25, -0.2) is 18.1 Å². The number of ether oxygens (including phenoxy) is 1. The number of carbonyl (C=O) groups excluding carboxylic acids is 1. The number of nitrogens with zero attached hydrogens (tertiary/aromatic N) is 1. The third-order valence-electron chi connectivity index (χ3n) is 2.57. The molecule has 1 N–H and O–H groups in total. The maximum Gasteiger partial charge on any atom is 0.265 e. The van der Waals surface area contributed by atoms with E-state index in [0.717, 1.165) is 0 Å². The van der Waals surface area contributed by atoms with Crippen LogP contribution in [-0.2, 0) is 10.0 Å². The number of methoxy groups -OCH3 is 1. The lowest BCUT2D eigenvalue weighted by Crippen LogP contribution is -2.30. The molecule has 2 aromatic rings. The molecule has 0 unspecified atom stereocenters. The Kier molecular flexibility index (Phi) is 4.44. The van der Waals surface area contributed by atoms with Crippen LogP contribution in [0.5, 0.6) is 5.75 Å². The number of carbonyl (C=O) groups is 1. The molecule has 0 aliphatic heterocycles. The molecular formula is C13H11ClN2O4S. The van der Waals surface area contributed by atoms with Gasteiger partial charge < -0.3 is 4.74 Å². The summed E-state index contributed by atoms with van der Waals surface area (Å²) in [4.78, 5) is 15.6. The number of benzene rings is 1. The van der Waals surface area contributed by atoms with Gasteiger partial charge in [-0.05, 0) is 24.3 Å². The first-order valence-corrected chi connectivity index (χ1v) is 7.61. The minimum Gasteiger partial charge on any atom is -0.497 e. The zero-order chi connectivity index (χ0) is 15.5. The molecule has 0 spiro atoms. The molecular weight excluding hydrogens is 316 g/mol. The van der Waals surface area contributed by atoms with E-state index in [4.69, 9.17) is 16.3 Å². The van der Waals surface area contributed by atoms with Crippen molar-refractivity contribution in [1.29, 1.82) is 0 Å². The molecule has 1 heterocycles. The molecule has 2 rings (SSSR count). The first kappa shape index (κ1) is 15.3. The summed E-state index contributed by atoms with van der Waals surface area (Å²) in [5.74, 6) is -0.417. The van der Waals surface area contributed by atoms with Gasteiger partial charge in [0.05, 0.1) is 12.0 Å². The number of hydrogen-bond acceptors (Lipinski definition) is 5. The van der Waals surface area contributed by atoms with Crippen molar-refractivity contribution in [2.75, 3.05) is 7.11 Å². The molecule has 1 aromatic carbocycles. The Hall–Kier alpha value is -2.12. The quantitative estimate of drug-likeness (QED) is 0.867. The Morgan fingerprint density at radius 1 is 1.29 bits per heavy atom. The topological polar surface area (TPSA) is 85.4 Å². The summed E-state index contributed by atoms with van der Waals surface area (Å²) < 4.78 is 31.2. The van der Waals surface area contributed by atoms with Gasteiger partial charge in [-0.3, -0.25) is 4.79 Å². The van der Waals surface area contributed by atoms with Crippen molar-refractivity contribution in [3.05, 3.63) is 53.3 Å². The van der Waals surface area contributed by atoms with Crippen molar-refractivity contribution in [3.63, 3.8) is 0 Å². The molecule has 1 amide bonds. The SMILES string of the molecule is COc1cccc(S(=O)(=O)NC(=O)c2ccnc(Cl)c2)c1. The molecule has 110 valence electrons. The first-order valence-electron chi connectivity index (χ1n) is 5.75. The monoisotopic (exact) mass is 326 g/mol. The van der Waals surface area contributed by atoms with Gasteiger partial charge in [0.1, 0.15) is 10.9 Å². The van der Waals surface area contributed by atoms with E-state index in [9.17, 15) is 13.2 Å². The van der Waals surface area contributed by atoms with Crippen LogP contribution in [0.4, 0.5) is 0 Å². The molecule has 21 heavy (non-hydrogen) atoms. The Balaban J connectivity index is 2.26. The van der Waals surface area contributed by atoms with Crippen molar-refractivity contribution < 1.29 is 17.9 Å². The number of halogens is 1. The zero-order valence-corrected chi connectivity index (χ0v) is 12.5. The number of rotatable bonds is 4. The van der Waals surface area contributed by atoms with E-state index in [1.54, 1.807) is 6.07 Å². The standard InChI is InChI=1S/C13H11ClN2O4S/c1-20-10-3-2-4-11(8-10)21(18,19)16-13(17)9-5-6-15-12(14)7-9/h2-8H,1H3,(H,16,17). The largest absolute Gasteiger partial charge is 0.497 e. The molecule has 0 radical (unpaired) electrons. The summed E-state index contributed by atoms with van der Waals surface area (Å²) in [5, 5.41) is 0.0985. The second-order valence-electron chi connectivity index (χ2n) is 3.98. The van der Waals surface area contributed by atoms with Crippen LogP contribution in [0.25, 0.3) is 0 Å². The van der Waals surface area contributed by atoms with Crippen molar-refractivity contribution >= 4 is 27.5 Å². The van der Waals surface area contributed by atoms with E-state index in [1.165, 1.54) is 43.6 Å². The Labute approximate surface area is 126 Å². The van der Waals surface area contributed by atoms with Gasteiger partial charge in [-0.1, -0.05) is 17.7 Å². The smallest absolute Gasteiger partial charge is 0.265 e. The molecule has 8 heteroatoms. The summed E-state index contributed by atoms with van der Waals surface area (Å²) in [6.07, 6.45) is 1.31. The normalized spacial score (nSPS) is 11.0. The van der Waals surface area contributed by atoms with E-state index in [0.29, 0.717) is 5.75 Å². The molecule has 0 aliphatic carbocycles. The Bertz CT molecular complexity index is 777. The molecule has 0 saturated carbocycles. The Morgan fingerprint density at radius 2 is 2.05 bits per heavy atom. The highest BCUT2D eigenvalue weighted by Crippen LogP contribution is 2.17. The van der Waals surface area contributed by atoms with E-state index in [1.807, 2.05) is 4.72 Å². The third-order valence-corrected chi connectivity index (χ3v) is 4.10. The summed E-state index contributed by atoms with van der Waals surface area (Å²) in [7, 11) is -2.58. The molecule has 0 bridgehead atoms. The lowest BCUT2D eigenvalue weighted by atomic mass is 10.3. The van der Waals surface area contributed by atoms with E-state index in [-0.39, 0.29) is 15.6 Å². The van der Waals surface area contributed by atoms with Gasteiger partial charge >= 0.3 is 0 Å². The predicted molar refractivity (Wildman–Crippen MR) is 76.9 cm³/mol. The fraction of sp³-hybridized carbons (Fsp3) is 0.0769. The average molecular weight is 327 g/mol. The van der Waals surface area contributed by atoms with Crippen LogP contribution in [-0.4, -0.2) is 26.4 Å². The highest BCUT2D eigenvalue weighted by atomic mass is 35.5. The maximum absolute atomic E-state index is 12.1. The van der Waals surface area contributed by atoms with Crippen molar-refractivity contribution in [2.24, 2.45) is 0 Å². The van der Waals surface area contributed by atoms with Crippen molar-refractivity contribution in [3.8, 4) is 5.75 Å². The first-order chi connectivity index (χ1) is 9.92. The molecule has 6 nitrogen and oxygen atoms in total. The zero-order valence-electron chi connectivity index (χ0n) is 10.9. The lowest BCUT2D eigenvalue weighted by molar-refractivity contribution is 0.0981. The van der Waals surface area contributed by atoms with E-state index < -0.39 is 15.9 Å². The fourth-order valence-electron chi connectivity index (χ4n) is 1.55. The van der Waals surface area contributed by atoms with Gasteiger partial charge in [0.15, 0.2) is 0 Å². The molecule has 0 atom stereocenters. The van der Waals surface area contributed by atoms with Crippen LogP contribution >= 0.6 is 11.6 Å². The van der Waals surface area contributed by atoms with Crippen LogP contribution in [0.1, 0.15) is 10.4 Å². The summed E-state index contributed by atoms with van der Waals surface area (Å²) in [6.45, 7) is 0. The van der Waals surface area contributed by atoms with Gasteiger partial charge in [0.2, 0.25) is 0 Å². The van der Waals surface area contributed by atoms with Gasteiger partial charge in [0, 0.05) is 17.8 Å². The number of hydrogen-bond donors (Lipinski definition) is 1. The second-order valence-corrected chi connectivity index (χ2v) is 6.05. The number of sulfonamides is 1. The second kappa shape index (κ2) is 6.11. The highest BCUT2D eigenvalue weighted by Gasteiger charge is 2.19. The number of aromatic nitrogens is 1. The van der Waals surface area contributed by atoms with Crippen LogP contribution in [0.3, 0.4) is 0 Å². The number of amides is 1. The number of nitrogens with one attached hydrogen (secondary N) is 1. The number of pyridine rings is 1. The lowest BCUT2D eigenvalue weighted by Gasteiger charge is -2.08. The summed E-state index contributed by atoms with van der Waals surface area (Å²) >= 11 is 5.66. The molecule has 0 fully saturated rings. The van der Waals surface area contributed by atoms with Crippen LogP contribution < -0.4 is 9.46 Å². The molecule has 0 aliphatic rings. The highest BCUT2D eigenvalue weighted by molar-refractivity contribution is 7.90. The maximum atomic E-state index is 12.1. The van der Waals surface area contributed by atoms with Crippen molar-refractivity contribution in [1.82, 2.24) is 9.71 Å². The average Bonchev–Trinajstić information content (AvgIpc) is 2.47. The summed E-state index contributed by atoms with van der Waals surface area (Å²) in [6, 6.07) is 8.43.